The molecule has 0 radical (unpaired) electrons. The number of aryl methyl sites for hydroxylation is 1. The number of fused-ring (bicyclic) bond motifs is 1. The Labute approximate surface area is 103 Å². The lowest BCUT2D eigenvalue weighted by Crippen LogP contribution is -2.11. The highest BCUT2D eigenvalue weighted by Crippen LogP contribution is 2.28. The van der Waals surface area contributed by atoms with Gasteiger partial charge in [0, 0.05) is 4.88 Å². The van der Waals surface area contributed by atoms with Crippen LogP contribution in [0.4, 0.5) is 0 Å². The predicted octanol–water partition coefficient (Wildman–Crippen LogP) is 1.98. The zero-order valence-corrected chi connectivity index (χ0v) is 11.0. The number of aliphatic hydroxyl groups excluding tert-OH is 1. The van der Waals surface area contributed by atoms with Gasteiger partial charge >= 0.3 is 0 Å². The zero-order chi connectivity index (χ0) is 12.6. The number of hydrogen-bond donors (Lipinski definition) is 2. The average molecular weight is 252 g/mol. The van der Waals surface area contributed by atoms with Gasteiger partial charge in [0.15, 0.2) is 0 Å². The minimum Gasteiger partial charge on any atom is -0.388 e. The molecule has 2 N–H and O–H groups in total. The summed E-state index contributed by atoms with van der Waals surface area (Å²) in [6.07, 6.45) is 0.959. The van der Waals surface area contributed by atoms with Crippen LogP contribution in [0.3, 0.4) is 0 Å². The maximum absolute atomic E-state index is 11.9. The van der Waals surface area contributed by atoms with E-state index in [0.717, 1.165) is 16.8 Å². The van der Waals surface area contributed by atoms with Crippen LogP contribution in [0.5, 0.6) is 0 Å². The van der Waals surface area contributed by atoms with Crippen molar-refractivity contribution in [2.75, 3.05) is 0 Å². The van der Waals surface area contributed by atoms with Gasteiger partial charge in [-0.2, -0.15) is 0 Å². The van der Waals surface area contributed by atoms with Crippen molar-refractivity contribution in [3.63, 3.8) is 0 Å². The van der Waals surface area contributed by atoms with E-state index >= 15 is 0 Å². The molecule has 0 saturated heterocycles. The first-order chi connectivity index (χ1) is 8.02. The Morgan fingerprint density at radius 1 is 1.47 bits per heavy atom. The minimum atomic E-state index is -0.234. The number of aromatic amines is 1. The number of aromatic nitrogens is 2. The Morgan fingerprint density at radius 3 is 2.76 bits per heavy atom. The molecule has 0 aliphatic heterocycles. The first kappa shape index (κ1) is 12.3. The molecular formula is C12H16N2O2S. The van der Waals surface area contributed by atoms with E-state index in [-0.39, 0.29) is 12.2 Å². The van der Waals surface area contributed by atoms with Gasteiger partial charge in [-0.1, -0.05) is 13.8 Å². The van der Waals surface area contributed by atoms with Gasteiger partial charge in [0.05, 0.1) is 5.39 Å². The number of thiophene rings is 1. The molecule has 0 amide bonds. The van der Waals surface area contributed by atoms with Gasteiger partial charge in [-0.05, 0) is 24.8 Å². The predicted molar refractivity (Wildman–Crippen MR) is 69.4 cm³/mol. The van der Waals surface area contributed by atoms with Gasteiger partial charge in [-0.15, -0.1) is 11.3 Å². The average Bonchev–Trinajstić information content (AvgIpc) is 2.55. The lowest BCUT2D eigenvalue weighted by molar-refractivity contribution is 0.271. The van der Waals surface area contributed by atoms with Crippen molar-refractivity contribution in [2.24, 2.45) is 5.92 Å². The van der Waals surface area contributed by atoms with Crippen LogP contribution in [0, 0.1) is 12.8 Å². The molecule has 0 fully saturated rings. The van der Waals surface area contributed by atoms with Crippen LogP contribution >= 0.6 is 11.3 Å². The van der Waals surface area contributed by atoms with E-state index < -0.39 is 0 Å². The van der Waals surface area contributed by atoms with E-state index in [2.05, 4.69) is 23.8 Å². The third-order valence-corrected chi connectivity index (χ3v) is 3.90. The van der Waals surface area contributed by atoms with Crippen molar-refractivity contribution < 1.29 is 5.11 Å². The highest BCUT2D eigenvalue weighted by Gasteiger charge is 2.14. The number of hydrogen-bond acceptors (Lipinski definition) is 4. The Kier molecular flexibility index (Phi) is 3.31. The van der Waals surface area contributed by atoms with Crippen molar-refractivity contribution >= 4 is 21.6 Å². The van der Waals surface area contributed by atoms with Crippen LogP contribution in [0.25, 0.3) is 10.2 Å². The molecule has 0 aliphatic carbocycles. The molecule has 2 heterocycles. The Balaban J connectivity index is 2.65. The van der Waals surface area contributed by atoms with Crippen LogP contribution in [0.1, 0.15) is 30.1 Å². The van der Waals surface area contributed by atoms with Crippen LogP contribution in [0.2, 0.25) is 0 Å². The molecule has 92 valence electrons. The zero-order valence-electron chi connectivity index (χ0n) is 10.2. The monoisotopic (exact) mass is 252 g/mol. The largest absolute Gasteiger partial charge is 0.388 e. The fourth-order valence-corrected chi connectivity index (χ4v) is 3.28. The van der Waals surface area contributed by atoms with E-state index in [1.165, 1.54) is 4.88 Å². The van der Waals surface area contributed by atoms with E-state index in [4.69, 9.17) is 5.11 Å². The van der Waals surface area contributed by atoms with Crippen LogP contribution in [0.15, 0.2) is 4.79 Å². The summed E-state index contributed by atoms with van der Waals surface area (Å²) in [6, 6.07) is 0. The normalized spacial score (nSPS) is 11.6. The van der Waals surface area contributed by atoms with Gasteiger partial charge in [-0.25, -0.2) is 4.98 Å². The molecule has 2 aromatic heterocycles. The summed E-state index contributed by atoms with van der Waals surface area (Å²) in [7, 11) is 0. The first-order valence-electron chi connectivity index (χ1n) is 5.65. The van der Waals surface area contributed by atoms with E-state index in [0.29, 0.717) is 17.1 Å². The highest BCUT2D eigenvalue weighted by molar-refractivity contribution is 7.18. The quantitative estimate of drug-likeness (QED) is 0.878. The summed E-state index contributed by atoms with van der Waals surface area (Å²) in [6.45, 7) is 6.04. The topological polar surface area (TPSA) is 66.0 Å². The van der Waals surface area contributed by atoms with Gasteiger partial charge < -0.3 is 10.1 Å². The maximum Gasteiger partial charge on any atom is 0.259 e. The third-order valence-electron chi connectivity index (χ3n) is 2.69. The molecule has 0 spiro atoms. The lowest BCUT2D eigenvalue weighted by atomic mass is 10.1. The molecule has 0 unspecified atom stereocenters. The van der Waals surface area contributed by atoms with Gasteiger partial charge in [0.2, 0.25) is 0 Å². The van der Waals surface area contributed by atoms with E-state index in [9.17, 15) is 4.79 Å². The third kappa shape index (κ3) is 2.25. The second-order valence-electron chi connectivity index (χ2n) is 4.60. The standard InChI is InChI=1S/C12H16N2O2S/c1-6(2)4-8-7(3)10-11(16)13-9(5-15)14-12(10)17-8/h6,15H,4-5H2,1-3H3,(H,13,14,16). The molecule has 4 nitrogen and oxygen atoms in total. The second kappa shape index (κ2) is 4.58. The summed E-state index contributed by atoms with van der Waals surface area (Å²) in [5, 5.41) is 9.68. The highest BCUT2D eigenvalue weighted by atomic mass is 32.1. The van der Waals surface area contributed by atoms with Gasteiger partial charge in [0.1, 0.15) is 17.3 Å². The molecule has 17 heavy (non-hydrogen) atoms. The van der Waals surface area contributed by atoms with Crippen LogP contribution in [-0.4, -0.2) is 15.1 Å². The number of nitrogens with zero attached hydrogens (tertiary/aromatic N) is 1. The SMILES string of the molecule is Cc1c(CC(C)C)sc2nc(CO)[nH]c(=O)c12. The summed E-state index contributed by atoms with van der Waals surface area (Å²) < 4.78 is 0. The molecule has 0 aliphatic rings. The van der Waals surface area contributed by atoms with E-state index in [1.54, 1.807) is 11.3 Å². The fourth-order valence-electron chi connectivity index (χ4n) is 1.87. The van der Waals surface area contributed by atoms with Crippen molar-refractivity contribution in [3.8, 4) is 0 Å². The minimum absolute atomic E-state index is 0.150. The maximum atomic E-state index is 11.9. The Bertz CT molecular complexity index is 598. The van der Waals surface area contributed by atoms with Crippen LogP contribution in [-0.2, 0) is 13.0 Å². The van der Waals surface area contributed by atoms with E-state index in [1.807, 2.05) is 6.92 Å². The second-order valence-corrected chi connectivity index (χ2v) is 5.68. The lowest BCUT2D eigenvalue weighted by Gasteiger charge is -2.01. The molecule has 0 atom stereocenters. The molecule has 0 bridgehead atoms. The smallest absolute Gasteiger partial charge is 0.259 e. The van der Waals surface area contributed by atoms with Crippen molar-refractivity contribution in [1.29, 1.82) is 0 Å². The fraction of sp³-hybridized carbons (Fsp3) is 0.500. The Morgan fingerprint density at radius 2 is 2.18 bits per heavy atom. The van der Waals surface area contributed by atoms with Gasteiger partial charge in [0.25, 0.3) is 5.56 Å². The van der Waals surface area contributed by atoms with Crippen LogP contribution < -0.4 is 5.56 Å². The number of nitrogens with one attached hydrogen (secondary N) is 1. The number of rotatable bonds is 3. The number of aliphatic hydroxyl groups is 1. The van der Waals surface area contributed by atoms with Gasteiger partial charge in [-0.3, -0.25) is 4.79 Å². The summed E-state index contributed by atoms with van der Waals surface area (Å²) in [4.78, 5) is 20.7. The summed E-state index contributed by atoms with van der Waals surface area (Å²) in [5.41, 5.74) is 0.875. The molecule has 2 aromatic rings. The molecule has 5 heteroatoms. The first-order valence-corrected chi connectivity index (χ1v) is 6.46. The molecule has 2 rings (SSSR count). The number of H-pyrrole nitrogens is 1. The van der Waals surface area contributed by atoms with Crippen molar-refractivity contribution in [3.05, 3.63) is 26.6 Å². The molecule has 0 aromatic carbocycles. The van der Waals surface area contributed by atoms with Crippen molar-refractivity contribution in [2.45, 2.75) is 33.8 Å². The summed E-state index contributed by atoms with van der Waals surface area (Å²) in [5.74, 6) is 0.887. The molecular weight excluding hydrogens is 236 g/mol. The summed E-state index contributed by atoms with van der Waals surface area (Å²) >= 11 is 1.55. The Hall–Kier alpha value is -1.20. The molecule has 0 saturated carbocycles. The van der Waals surface area contributed by atoms with Crippen molar-refractivity contribution in [1.82, 2.24) is 9.97 Å².